The van der Waals surface area contributed by atoms with Crippen molar-refractivity contribution in [3.63, 3.8) is 0 Å². The van der Waals surface area contributed by atoms with Crippen LogP contribution in [0.15, 0.2) is 0 Å². The fourth-order valence-corrected chi connectivity index (χ4v) is 2.11. The van der Waals surface area contributed by atoms with Crippen LogP contribution in [0.1, 0.15) is 20.8 Å². The fourth-order valence-electron chi connectivity index (χ4n) is 2.11. The largest absolute Gasteiger partial charge is 0.480 e. The van der Waals surface area contributed by atoms with E-state index in [1.807, 2.05) is 20.8 Å². The highest BCUT2D eigenvalue weighted by atomic mass is 16.6. The van der Waals surface area contributed by atoms with E-state index < -0.39 is 11.6 Å². The summed E-state index contributed by atoms with van der Waals surface area (Å²) in [5, 5.41) is 8.39. The first kappa shape index (κ1) is 32.5. The summed E-state index contributed by atoms with van der Waals surface area (Å²) >= 11 is 0. The highest BCUT2D eigenvalue weighted by molar-refractivity contribution is 5.68. The molecule has 34 heavy (non-hydrogen) atoms. The van der Waals surface area contributed by atoms with Gasteiger partial charge in [-0.25, -0.2) is 9.59 Å². The molecule has 0 spiro atoms. The Morgan fingerprint density at radius 2 is 0.941 bits per heavy atom. The number of ether oxygens (including phenoxy) is 8. The van der Waals surface area contributed by atoms with Crippen LogP contribution in [0.3, 0.4) is 0 Å². The van der Waals surface area contributed by atoms with Crippen LogP contribution in [0.25, 0.3) is 0 Å². The smallest absolute Gasteiger partial charge is 0.410 e. The molecular weight excluding hydrogens is 454 g/mol. The average Bonchev–Trinajstić information content (AvgIpc) is 2.75. The molecule has 0 radical (unpaired) electrons. The van der Waals surface area contributed by atoms with Gasteiger partial charge in [0, 0.05) is 13.6 Å². The van der Waals surface area contributed by atoms with E-state index in [-0.39, 0.29) is 19.3 Å². The molecule has 0 saturated carbocycles. The molecule has 0 aliphatic carbocycles. The average molecular weight is 498 g/mol. The first-order chi connectivity index (χ1) is 16.2. The molecule has 0 aromatic carbocycles. The second kappa shape index (κ2) is 22.0. The molecule has 12 heteroatoms. The van der Waals surface area contributed by atoms with Crippen molar-refractivity contribution in [2.75, 3.05) is 106 Å². The van der Waals surface area contributed by atoms with Crippen molar-refractivity contribution < 1.29 is 52.6 Å². The maximum Gasteiger partial charge on any atom is 0.410 e. The number of nitrogens with zero attached hydrogens (tertiary/aromatic N) is 1. The zero-order valence-corrected chi connectivity index (χ0v) is 21.1. The van der Waals surface area contributed by atoms with Gasteiger partial charge in [-0.3, -0.25) is 0 Å². The summed E-state index contributed by atoms with van der Waals surface area (Å²) < 4.78 is 42.3. The van der Waals surface area contributed by atoms with Crippen LogP contribution in [0, 0.1) is 0 Å². The van der Waals surface area contributed by atoms with Gasteiger partial charge in [0.05, 0.1) is 85.9 Å². The lowest BCUT2D eigenvalue weighted by molar-refractivity contribution is -0.142. The number of hydrogen-bond acceptors (Lipinski definition) is 10. The number of hydrogen-bond donors (Lipinski definition) is 1. The van der Waals surface area contributed by atoms with Crippen LogP contribution in [-0.4, -0.2) is 134 Å². The molecule has 12 nitrogen and oxygen atoms in total. The molecule has 0 atom stereocenters. The molecule has 0 bridgehead atoms. The van der Waals surface area contributed by atoms with Crippen LogP contribution >= 0.6 is 0 Å². The topological polar surface area (TPSA) is 131 Å². The number of carbonyl (C=O) groups is 2. The molecule has 0 aliphatic heterocycles. The summed E-state index contributed by atoms with van der Waals surface area (Å²) in [4.78, 5) is 23.5. The van der Waals surface area contributed by atoms with E-state index in [2.05, 4.69) is 0 Å². The summed E-state index contributed by atoms with van der Waals surface area (Å²) in [7, 11) is 1.67. The third kappa shape index (κ3) is 25.1. The predicted molar refractivity (Wildman–Crippen MR) is 122 cm³/mol. The highest BCUT2D eigenvalue weighted by Crippen LogP contribution is 2.08. The normalized spacial score (nSPS) is 11.5. The molecule has 0 rings (SSSR count). The minimum Gasteiger partial charge on any atom is -0.480 e. The summed E-state index contributed by atoms with van der Waals surface area (Å²) in [6.07, 6.45) is -0.371. The number of aliphatic carboxylic acids is 1. The van der Waals surface area contributed by atoms with Gasteiger partial charge in [-0.1, -0.05) is 0 Å². The zero-order chi connectivity index (χ0) is 25.5. The lowest BCUT2D eigenvalue weighted by Crippen LogP contribution is -2.36. The van der Waals surface area contributed by atoms with Gasteiger partial charge >= 0.3 is 12.1 Å². The standard InChI is InChI=1S/C22H43NO11/c1-22(2,3)34-21(26)23(4)5-6-27-7-8-28-9-10-29-11-12-30-13-14-31-15-16-32-17-18-33-19-20(24)25/h5-19H2,1-4H3,(H,24,25). The van der Waals surface area contributed by atoms with Crippen LogP contribution in [0.2, 0.25) is 0 Å². The van der Waals surface area contributed by atoms with Crippen LogP contribution < -0.4 is 0 Å². The molecule has 0 heterocycles. The second-order valence-corrected chi connectivity index (χ2v) is 8.02. The fraction of sp³-hybridized carbons (Fsp3) is 0.909. The van der Waals surface area contributed by atoms with Gasteiger partial charge < -0.3 is 47.9 Å². The van der Waals surface area contributed by atoms with Gasteiger partial charge in [0.1, 0.15) is 12.2 Å². The van der Waals surface area contributed by atoms with Crippen molar-refractivity contribution >= 4 is 12.1 Å². The SMILES string of the molecule is CN(CCOCCOCCOCCOCCOCCOCCOCC(=O)O)C(=O)OC(C)(C)C. The molecule has 0 aromatic heterocycles. The molecule has 0 fully saturated rings. The Bertz CT molecular complexity index is 500. The predicted octanol–water partition coefficient (Wildman–Crippen LogP) is 1.05. The molecule has 1 amide bonds. The van der Waals surface area contributed by atoms with Crippen molar-refractivity contribution in [1.82, 2.24) is 4.90 Å². The van der Waals surface area contributed by atoms with Crippen molar-refractivity contribution in [3.05, 3.63) is 0 Å². The number of carbonyl (C=O) groups excluding carboxylic acids is 1. The van der Waals surface area contributed by atoms with Crippen LogP contribution in [0.4, 0.5) is 4.79 Å². The maximum absolute atomic E-state index is 11.8. The Kier molecular flexibility index (Phi) is 21.0. The third-order valence-corrected chi connectivity index (χ3v) is 3.73. The van der Waals surface area contributed by atoms with Crippen LogP contribution in [0.5, 0.6) is 0 Å². The summed E-state index contributed by atoms with van der Waals surface area (Å²) in [5.41, 5.74) is -0.511. The lowest BCUT2D eigenvalue weighted by Gasteiger charge is -2.24. The van der Waals surface area contributed by atoms with E-state index in [1.54, 1.807) is 7.05 Å². The molecule has 0 saturated heterocycles. The van der Waals surface area contributed by atoms with Crippen molar-refractivity contribution in [3.8, 4) is 0 Å². The van der Waals surface area contributed by atoms with Gasteiger partial charge in [-0.15, -0.1) is 0 Å². The molecule has 0 aromatic rings. The minimum atomic E-state index is -0.998. The summed E-state index contributed by atoms with van der Waals surface area (Å²) in [5.74, 6) is -0.998. The Balaban J connectivity index is 3.20. The van der Waals surface area contributed by atoms with Gasteiger partial charge in [-0.2, -0.15) is 0 Å². The minimum absolute atomic E-state index is 0.240. The van der Waals surface area contributed by atoms with E-state index in [0.717, 1.165) is 0 Å². The Hall–Kier alpha value is -1.54. The van der Waals surface area contributed by atoms with E-state index in [1.165, 1.54) is 4.90 Å². The molecule has 0 unspecified atom stereocenters. The van der Waals surface area contributed by atoms with E-state index in [0.29, 0.717) is 85.8 Å². The number of amides is 1. The van der Waals surface area contributed by atoms with Gasteiger partial charge in [0.2, 0.25) is 0 Å². The number of rotatable bonds is 23. The summed E-state index contributed by atoms with van der Waals surface area (Å²) in [6, 6.07) is 0. The van der Waals surface area contributed by atoms with Gasteiger partial charge in [-0.05, 0) is 20.8 Å². The monoisotopic (exact) mass is 497 g/mol. The lowest BCUT2D eigenvalue weighted by atomic mass is 10.2. The number of carboxylic acids is 1. The second-order valence-electron chi connectivity index (χ2n) is 8.02. The number of carboxylic acid groups (broad SMARTS) is 1. The molecular formula is C22H43NO11. The molecule has 1 N–H and O–H groups in total. The first-order valence-electron chi connectivity index (χ1n) is 11.4. The third-order valence-electron chi connectivity index (χ3n) is 3.73. The van der Waals surface area contributed by atoms with Crippen molar-refractivity contribution in [1.29, 1.82) is 0 Å². The van der Waals surface area contributed by atoms with E-state index in [9.17, 15) is 9.59 Å². The molecule has 202 valence electrons. The van der Waals surface area contributed by atoms with E-state index >= 15 is 0 Å². The Morgan fingerprint density at radius 3 is 1.26 bits per heavy atom. The van der Waals surface area contributed by atoms with Crippen LogP contribution in [-0.2, 0) is 42.7 Å². The van der Waals surface area contributed by atoms with E-state index in [4.69, 9.17) is 43.0 Å². The van der Waals surface area contributed by atoms with Gasteiger partial charge in [0.15, 0.2) is 0 Å². The zero-order valence-electron chi connectivity index (χ0n) is 21.1. The first-order valence-corrected chi connectivity index (χ1v) is 11.4. The Labute approximate surface area is 202 Å². The molecule has 0 aliphatic rings. The quantitative estimate of drug-likeness (QED) is 0.203. The maximum atomic E-state index is 11.8. The highest BCUT2D eigenvalue weighted by Gasteiger charge is 2.19. The Morgan fingerprint density at radius 1 is 0.618 bits per heavy atom. The van der Waals surface area contributed by atoms with Crippen molar-refractivity contribution in [2.24, 2.45) is 0 Å². The van der Waals surface area contributed by atoms with Gasteiger partial charge in [0.25, 0.3) is 0 Å². The number of likely N-dealkylation sites (N-methyl/N-ethyl adjacent to an activating group) is 1. The van der Waals surface area contributed by atoms with Crippen molar-refractivity contribution in [2.45, 2.75) is 26.4 Å². The summed E-state index contributed by atoms with van der Waals surface area (Å²) in [6.45, 7) is 11.1.